The first-order valence-corrected chi connectivity index (χ1v) is 9.39. The summed E-state index contributed by atoms with van der Waals surface area (Å²) < 4.78 is 43.6. The second-order valence-corrected chi connectivity index (χ2v) is 7.18. The number of sulfonamides is 1. The van der Waals surface area contributed by atoms with Gasteiger partial charge in [0.2, 0.25) is 10.0 Å². The van der Waals surface area contributed by atoms with Crippen molar-refractivity contribution in [2.24, 2.45) is 0 Å². The quantitative estimate of drug-likeness (QED) is 0.749. The zero-order chi connectivity index (χ0) is 19.3. The Morgan fingerprint density at radius 1 is 1.04 bits per heavy atom. The number of halogens is 1. The molecule has 0 aliphatic carbocycles. The lowest BCUT2D eigenvalue weighted by molar-refractivity contribution is -0.123. The minimum Gasteiger partial charge on any atom is -0.449 e. The van der Waals surface area contributed by atoms with Crippen molar-refractivity contribution in [1.82, 2.24) is 0 Å². The number of nitrogens with one attached hydrogen (secondary N) is 2. The second kappa shape index (κ2) is 7.96. The molecule has 9 heteroatoms. The Bertz CT molecular complexity index is 930. The molecule has 2 aromatic rings. The number of carbonyl (C=O) groups excluding carboxylic acids is 2. The van der Waals surface area contributed by atoms with E-state index in [1.54, 1.807) is 12.1 Å². The molecule has 1 amide bonds. The number of rotatable bonds is 6. The zero-order valence-corrected chi connectivity index (χ0v) is 14.8. The number of ether oxygens (including phenoxy) is 1. The Hall–Kier alpha value is -2.94. The van der Waals surface area contributed by atoms with Crippen LogP contribution in [0.2, 0.25) is 0 Å². The van der Waals surface area contributed by atoms with Gasteiger partial charge in [-0.15, -0.1) is 0 Å². The highest BCUT2D eigenvalue weighted by Gasteiger charge is 2.22. The fourth-order valence-electron chi connectivity index (χ4n) is 2.02. The van der Waals surface area contributed by atoms with Gasteiger partial charge < -0.3 is 10.1 Å². The van der Waals surface area contributed by atoms with Crippen molar-refractivity contribution in [1.29, 1.82) is 0 Å². The van der Waals surface area contributed by atoms with Gasteiger partial charge in [-0.3, -0.25) is 9.52 Å². The predicted molar refractivity (Wildman–Crippen MR) is 94.8 cm³/mol. The number of amides is 1. The Balaban J connectivity index is 2.10. The largest absolute Gasteiger partial charge is 0.449 e. The molecule has 0 aliphatic rings. The average molecular weight is 380 g/mol. The summed E-state index contributed by atoms with van der Waals surface area (Å²) in [5.41, 5.74) is -0.0651. The molecule has 138 valence electrons. The lowest BCUT2D eigenvalue weighted by Gasteiger charge is -2.15. The molecule has 0 heterocycles. The van der Waals surface area contributed by atoms with E-state index in [1.165, 1.54) is 43.3 Å². The van der Waals surface area contributed by atoms with Gasteiger partial charge in [0, 0.05) is 0 Å². The molecule has 26 heavy (non-hydrogen) atoms. The monoisotopic (exact) mass is 380 g/mol. The molecule has 0 bridgehead atoms. The van der Waals surface area contributed by atoms with Gasteiger partial charge >= 0.3 is 5.97 Å². The van der Waals surface area contributed by atoms with E-state index in [9.17, 15) is 22.4 Å². The molecule has 2 aromatic carbocycles. The van der Waals surface area contributed by atoms with Crippen LogP contribution in [0.4, 0.5) is 15.8 Å². The van der Waals surface area contributed by atoms with Crippen LogP contribution in [0, 0.1) is 5.82 Å². The first-order chi connectivity index (χ1) is 12.2. The molecule has 0 saturated heterocycles. The lowest BCUT2D eigenvalue weighted by Crippen LogP contribution is -2.30. The van der Waals surface area contributed by atoms with Crippen molar-refractivity contribution >= 4 is 33.3 Å². The first-order valence-electron chi connectivity index (χ1n) is 7.50. The average Bonchev–Trinajstić information content (AvgIpc) is 2.55. The Morgan fingerprint density at radius 3 is 2.23 bits per heavy atom. The number of hydrogen-bond acceptors (Lipinski definition) is 5. The van der Waals surface area contributed by atoms with Crippen molar-refractivity contribution in [3.05, 3.63) is 59.9 Å². The Labute approximate surface area is 150 Å². The number of benzene rings is 2. The van der Waals surface area contributed by atoms with Crippen LogP contribution in [-0.2, 0) is 19.6 Å². The summed E-state index contributed by atoms with van der Waals surface area (Å²) in [4.78, 5) is 24.4. The molecule has 0 spiro atoms. The molecule has 2 rings (SSSR count). The van der Waals surface area contributed by atoms with Crippen molar-refractivity contribution < 1.29 is 27.1 Å². The van der Waals surface area contributed by atoms with E-state index in [-0.39, 0.29) is 16.9 Å². The summed E-state index contributed by atoms with van der Waals surface area (Å²) in [6.07, 6.45) is -0.284. The van der Waals surface area contributed by atoms with E-state index in [1.807, 2.05) is 0 Å². The maximum absolute atomic E-state index is 13.6. The van der Waals surface area contributed by atoms with Gasteiger partial charge in [0.05, 0.1) is 23.2 Å². The van der Waals surface area contributed by atoms with Crippen LogP contribution in [0.25, 0.3) is 0 Å². The predicted octanol–water partition coefficient (Wildman–Crippen LogP) is 2.38. The van der Waals surface area contributed by atoms with Crippen LogP contribution < -0.4 is 10.0 Å². The summed E-state index contributed by atoms with van der Waals surface area (Å²) in [6.45, 7) is 1.32. The minimum atomic E-state index is -3.60. The number of carbonyl (C=O) groups is 2. The van der Waals surface area contributed by atoms with E-state index >= 15 is 0 Å². The maximum atomic E-state index is 13.6. The van der Waals surface area contributed by atoms with Crippen LogP contribution in [-0.4, -0.2) is 32.7 Å². The summed E-state index contributed by atoms with van der Waals surface area (Å²) in [5.74, 6) is -2.24. The molecule has 2 N–H and O–H groups in total. The molecule has 1 atom stereocenters. The second-order valence-electron chi connectivity index (χ2n) is 5.44. The number of anilines is 2. The van der Waals surface area contributed by atoms with Gasteiger partial charge in [-0.2, -0.15) is 0 Å². The van der Waals surface area contributed by atoms with Crippen LogP contribution in [0.15, 0.2) is 48.5 Å². The van der Waals surface area contributed by atoms with Gasteiger partial charge in [0.1, 0.15) is 5.82 Å². The van der Waals surface area contributed by atoms with Gasteiger partial charge in [0.25, 0.3) is 5.91 Å². The molecule has 0 fully saturated rings. The topological polar surface area (TPSA) is 102 Å². The first kappa shape index (κ1) is 19.4. The lowest BCUT2D eigenvalue weighted by atomic mass is 10.2. The normalized spacial score (nSPS) is 12.1. The summed E-state index contributed by atoms with van der Waals surface area (Å²) >= 11 is 0. The van der Waals surface area contributed by atoms with Crippen molar-refractivity contribution in [2.75, 3.05) is 16.3 Å². The molecule has 0 radical (unpaired) electrons. The third kappa shape index (κ3) is 5.28. The summed E-state index contributed by atoms with van der Waals surface area (Å²) in [7, 11) is -3.60. The highest BCUT2D eigenvalue weighted by atomic mass is 32.2. The molecular formula is C17H17FN2O5S. The van der Waals surface area contributed by atoms with Gasteiger partial charge in [-0.05, 0) is 31.2 Å². The maximum Gasteiger partial charge on any atom is 0.341 e. The van der Waals surface area contributed by atoms with Crippen LogP contribution in [0.1, 0.15) is 17.3 Å². The van der Waals surface area contributed by atoms with Crippen molar-refractivity contribution in [2.45, 2.75) is 13.0 Å². The van der Waals surface area contributed by atoms with Crippen LogP contribution in [0.3, 0.4) is 0 Å². The van der Waals surface area contributed by atoms with Crippen LogP contribution >= 0.6 is 0 Å². The number of esters is 1. The number of hydrogen-bond donors (Lipinski definition) is 2. The molecule has 0 unspecified atom stereocenters. The van der Waals surface area contributed by atoms with E-state index < -0.39 is 33.8 Å². The summed E-state index contributed by atoms with van der Waals surface area (Å²) in [5, 5.41) is 2.32. The fourth-order valence-corrected chi connectivity index (χ4v) is 2.60. The van der Waals surface area contributed by atoms with E-state index in [0.717, 1.165) is 6.26 Å². The van der Waals surface area contributed by atoms with E-state index in [2.05, 4.69) is 10.0 Å². The third-order valence-corrected chi connectivity index (χ3v) is 3.82. The highest BCUT2D eigenvalue weighted by Crippen LogP contribution is 2.19. The molecule has 0 aromatic heterocycles. The van der Waals surface area contributed by atoms with Crippen molar-refractivity contribution in [3.63, 3.8) is 0 Å². The van der Waals surface area contributed by atoms with Crippen molar-refractivity contribution in [3.8, 4) is 0 Å². The van der Waals surface area contributed by atoms with Gasteiger partial charge in [-0.25, -0.2) is 17.6 Å². The number of para-hydroxylation sites is 2. The van der Waals surface area contributed by atoms with Crippen LogP contribution in [0.5, 0.6) is 0 Å². The third-order valence-electron chi connectivity index (χ3n) is 3.23. The fraction of sp³-hybridized carbons (Fsp3) is 0.176. The molecule has 0 aliphatic heterocycles. The highest BCUT2D eigenvalue weighted by molar-refractivity contribution is 7.92. The smallest absolute Gasteiger partial charge is 0.341 e. The van der Waals surface area contributed by atoms with Gasteiger partial charge in [0.15, 0.2) is 6.10 Å². The minimum absolute atomic E-state index is 0.0294. The van der Waals surface area contributed by atoms with Gasteiger partial charge in [-0.1, -0.05) is 24.3 Å². The molecule has 7 nitrogen and oxygen atoms in total. The van der Waals surface area contributed by atoms with E-state index in [0.29, 0.717) is 0 Å². The Morgan fingerprint density at radius 2 is 1.62 bits per heavy atom. The Kier molecular flexibility index (Phi) is 5.93. The molecule has 0 saturated carbocycles. The summed E-state index contributed by atoms with van der Waals surface area (Å²) in [6, 6.07) is 11.4. The standard InChI is InChI=1S/C17H17FN2O5S/c1-11(16(21)19-15-10-6-4-8-13(15)18)25-17(22)12-7-3-5-9-14(12)20-26(2,23)24/h3-11,20H,1-2H3,(H,19,21)/t11-/m0/s1. The molecular weight excluding hydrogens is 363 g/mol. The zero-order valence-electron chi connectivity index (χ0n) is 14.0. The van der Waals surface area contributed by atoms with E-state index in [4.69, 9.17) is 4.74 Å². The SMILES string of the molecule is C[C@H](OC(=O)c1ccccc1NS(C)(=O)=O)C(=O)Nc1ccccc1F.